The van der Waals surface area contributed by atoms with E-state index in [0.717, 1.165) is 4.68 Å². The van der Waals surface area contributed by atoms with E-state index in [1.54, 1.807) is 19.9 Å². The van der Waals surface area contributed by atoms with Gasteiger partial charge >= 0.3 is 5.56 Å². The van der Waals surface area contributed by atoms with Gasteiger partial charge in [0.25, 0.3) is 0 Å². The summed E-state index contributed by atoms with van der Waals surface area (Å²) >= 11 is 0. The fourth-order valence-corrected chi connectivity index (χ4v) is 4.68. The van der Waals surface area contributed by atoms with Crippen molar-refractivity contribution in [1.29, 1.82) is 0 Å². The Morgan fingerprint density at radius 3 is 2.41 bits per heavy atom. The second-order valence-electron chi connectivity index (χ2n) is 7.55. The highest BCUT2D eigenvalue weighted by Gasteiger charge is 2.31. The van der Waals surface area contributed by atoms with Gasteiger partial charge in [0.15, 0.2) is 0 Å². The first kappa shape index (κ1) is 24.1. The molecule has 0 atom stereocenters. The number of piperazine rings is 1. The van der Waals surface area contributed by atoms with Crippen LogP contribution < -0.4 is 15.2 Å². The van der Waals surface area contributed by atoms with Crippen LogP contribution in [0.5, 0.6) is 5.75 Å². The average Bonchev–Trinajstić information content (AvgIpc) is 2.78. The fraction of sp³-hybridized carbons (Fsp3) is 0.524. The summed E-state index contributed by atoms with van der Waals surface area (Å²) in [5.74, 6) is -0.550. The molecule has 1 aromatic heterocycles. The van der Waals surface area contributed by atoms with Gasteiger partial charge in [0, 0.05) is 32.8 Å². The van der Waals surface area contributed by atoms with E-state index in [-0.39, 0.29) is 37.7 Å². The standard InChI is InChI=1S/C21H29FN4O5S/c1-4-30-13-14-31-20-19(24-9-11-25(12-10-24)32(28,29)16(2)3)15-23-26(21(20)27)18-8-6-5-7-17(18)22/h5-8,15-16H,4,9-14H2,1-3H3. The number of hydrogen-bond donors (Lipinski definition) is 0. The van der Waals surface area contributed by atoms with E-state index in [1.165, 1.54) is 28.7 Å². The molecule has 32 heavy (non-hydrogen) atoms. The predicted octanol–water partition coefficient (Wildman–Crippen LogP) is 1.65. The molecule has 0 unspecified atom stereocenters. The number of anilines is 1. The van der Waals surface area contributed by atoms with E-state index >= 15 is 0 Å². The third kappa shape index (κ3) is 5.11. The molecule has 0 amide bonds. The molecule has 0 aliphatic carbocycles. The predicted molar refractivity (Wildman–Crippen MR) is 120 cm³/mol. The van der Waals surface area contributed by atoms with E-state index in [4.69, 9.17) is 9.47 Å². The van der Waals surface area contributed by atoms with Crippen molar-refractivity contribution in [3.8, 4) is 11.4 Å². The summed E-state index contributed by atoms with van der Waals surface area (Å²) in [7, 11) is -3.36. The Bertz CT molecular complexity index is 1080. The highest BCUT2D eigenvalue weighted by atomic mass is 32.2. The first-order valence-electron chi connectivity index (χ1n) is 10.6. The summed E-state index contributed by atoms with van der Waals surface area (Å²) in [4.78, 5) is 15.1. The second-order valence-corrected chi connectivity index (χ2v) is 10.0. The highest BCUT2D eigenvalue weighted by Crippen LogP contribution is 2.26. The van der Waals surface area contributed by atoms with Crippen LogP contribution in [0.2, 0.25) is 0 Å². The molecule has 11 heteroatoms. The normalized spacial score (nSPS) is 15.3. The molecule has 0 spiro atoms. The molecule has 2 aromatic rings. The molecule has 1 aromatic carbocycles. The van der Waals surface area contributed by atoms with E-state index in [9.17, 15) is 17.6 Å². The topological polar surface area (TPSA) is 94.0 Å². The molecule has 0 N–H and O–H groups in total. The minimum absolute atomic E-state index is 0.0200. The quantitative estimate of drug-likeness (QED) is 0.517. The average molecular weight is 469 g/mol. The number of aromatic nitrogens is 2. The summed E-state index contributed by atoms with van der Waals surface area (Å²) in [6.45, 7) is 7.42. The van der Waals surface area contributed by atoms with E-state index in [2.05, 4.69) is 5.10 Å². The van der Waals surface area contributed by atoms with Crippen LogP contribution in [0.25, 0.3) is 5.69 Å². The van der Waals surface area contributed by atoms with Crippen LogP contribution in [0.4, 0.5) is 10.1 Å². The van der Waals surface area contributed by atoms with Crippen LogP contribution in [0, 0.1) is 5.82 Å². The lowest BCUT2D eigenvalue weighted by atomic mass is 10.3. The van der Waals surface area contributed by atoms with E-state index in [0.29, 0.717) is 25.4 Å². The number of sulfonamides is 1. The van der Waals surface area contributed by atoms with Crippen LogP contribution in [0.1, 0.15) is 20.8 Å². The number of benzene rings is 1. The largest absolute Gasteiger partial charge is 0.484 e. The molecule has 0 bridgehead atoms. The van der Waals surface area contributed by atoms with Crippen LogP contribution in [0.3, 0.4) is 0 Å². The van der Waals surface area contributed by atoms with Crippen LogP contribution in [-0.2, 0) is 14.8 Å². The van der Waals surface area contributed by atoms with Crippen LogP contribution in [-0.4, -0.2) is 73.8 Å². The maximum atomic E-state index is 14.3. The Kier molecular flexibility index (Phi) is 7.86. The third-order valence-corrected chi connectivity index (χ3v) is 7.48. The number of halogens is 1. The summed E-state index contributed by atoms with van der Waals surface area (Å²) in [6, 6.07) is 5.86. The number of nitrogens with zero attached hydrogens (tertiary/aromatic N) is 4. The van der Waals surface area contributed by atoms with Gasteiger partial charge < -0.3 is 14.4 Å². The van der Waals surface area contributed by atoms with Gasteiger partial charge in [-0.05, 0) is 32.9 Å². The Morgan fingerprint density at radius 1 is 1.09 bits per heavy atom. The smallest absolute Gasteiger partial charge is 0.316 e. The molecule has 176 valence electrons. The van der Waals surface area contributed by atoms with Gasteiger partial charge in [0.2, 0.25) is 15.8 Å². The SMILES string of the molecule is CCOCCOc1c(N2CCN(S(=O)(=O)C(C)C)CC2)cnn(-c2ccccc2F)c1=O. The van der Waals surface area contributed by atoms with Gasteiger partial charge in [-0.2, -0.15) is 14.1 Å². The number of ether oxygens (including phenoxy) is 2. The molecule has 1 saturated heterocycles. The molecule has 1 fully saturated rings. The third-order valence-electron chi connectivity index (χ3n) is 5.21. The first-order chi connectivity index (χ1) is 15.3. The minimum atomic E-state index is -3.36. The lowest BCUT2D eigenvalue weighted by molar-refractivity contribution is 0.109. The molecule has 2 heterocycles. The zero-order valence-electron chi connectivity index (χ0n) is 18.5. The molecule has 1 aliphatic rings. The van der Waals surface area contributed by atoms with Gasteiger partial charge in [0.05, 0.1) is 18.1 Å². The monoisotopic (exact) mass is 468 g/mol. The van der Waals surface area contributed by atoms with Crippen LogP contribution >= 0.6 is 0 Å². The lowest BCUT2D eigenvalue weighted by Crippen LogP contribution is -2.50. The molecule has 0 saturated carbocycles. The number of rotatable bonds is 9. The first-order valence-corrected chi connectivity index (χ1v) is 12.1. The Balaban J connectivity index is 1.91. The van der Waals surface area contributed by atoms with Crippen molar-refractivity contribution >= 4 is 15.7 Å². The molecule has 9 nitrogen and oxygen atoms in total. The van der Waals surface area contributed by atoms with Crippen molar-refractivity contribution in [1.82, 2.24) is 14.1 Å². The van der Waals surface area contributed by atoms with Crippen LogP contribution in [0.15, 0.2) is 35.3 Å². The second kappa shape index (κ2) is 10.4. The van der Waals surface area contributed by atoms with Gasteiger partial charge in [-0.1, -0.05) is 12.1 Å². The van der Waals surface area contributed by atoms with Gasteiger partial charge in [-0.15, -0.1) is 0 Å². The molecule has 3 rings (SSSR count). The van der Waals surface area contributed by atoms with Crippen molar-refractivity contribution in [2.24, 2.45) is 0 Å². The van der Waals surface area contributed by atoms with Crippen molar-refractivity contribution in [3.05, 3.63) is 46.6 Å². The lowest BCUT2D eigenvalue weighted by Gasteiger charge is -2.36. The maximum Gasteiger partial charge on any atom is 0.316 e. The number of hydrogen-bond acceptors (Lipinski definition) is 7. The molecule has 1 aliphatic heterocycles. The zero-order valence-corrected chi connectivity index (χ0v) is 19.3. The van der Waals surface area contributed by atoms with Crippen molar-refractivity contribution in [3.63, 3.8) is 0 Å². The minimum Gasteiger partial charge on any atom is -0.484 e. The van der Waals surface area contributed by atoms with Crippen molar-refractivity contribution in [2.45, 2.75) is 26.0 Å². The highest BCUT2D eigenvalue weighted by molar-refractivity contribution is 7.89. The summed E-state index contributed by atoms with van der Waals surface area (Å²) in [6.07, 6.45) is 1.45. The van der Waals surface area contributed by atoms with Gasteiger partial charge in [-0.3, -0.25) is 4.79 Å². The maximum absolute atomic E-state index is 14.3. The van der Waals surface area contributed by atoms with Crippen molar-refractivity contribution < 1.29 is 22.3 Å². The number of para-hydroxylation sites is 1. The Labute approximate surface area is 187 Å². The molecule has 0 radical (unpaired) electrons. The Morgan fingerprint density at radius 2 is 1.78 bits per heavy atom. The van der Waals surface area contributed by atoms with Crippen molar-refractivity contribution in [2.75, 3.05) is 50.9 Å². The zero-order chi connectivity index (χ0) is 23.3. The molecular formula is C21H29FN4O5S. The van der Waals surface area contributed by atoms with Gasteiger partial charge in [0.1, 0.15) is 23.8 Å². The summed E-state index contributed by atoms with van der Waals surface area (Å²) < 4.78 is 52.7. The van der Waals surface area contributed by atoms with Gasteiger partial charge in [-0.25, -0.2) is 12.8 Å². The van der Waals surface area contributed by atoms with E-state index in [1.807, 2.05) is 11.8 Å². The molecular weight excluding hydrogens is 439 g/mol. The summed E-state index contributed by atoms with van der Waals surface area (Å²) in [5, 5.41) is 3.66. The fourth-order valence-electron chi connectivity index (χ4n) is 3.41. The summed E-state index contributed by atoms with van der Waals surface area (Å²) in [5.41, 5.74) is -0.131. The Hall–Kier alpha value is -2.50. The van der Waals surface area contributed by atoms with E-state index < -0.39 is 26.6 Å².